The van der Waals surface area contributed by atoms with Gasteiger partial charge in [0.25, 0.3) is 0 Å². The maximum Gasteiger partial charge on any atom is 0.232 e. The molecule has 0 aliphatic rings. The van der Waals surface area contributed by atoms with Gasteiger partial charge in [-0.3, -0.25) is 0 Å². The van der Waals surface area contributed by atoms with Crippen LogP contribution in [0.2, 0.25) is 5.15 Å². The molecule has 0 saturated heterocycles. The molecule has 3 nitrogen and oxygen atoms in total. The van der Waals surface area contributed by atoms with Crippen molar-refractivity contribution in [2.75, 3.05) is 0 Å². The second kappa shape index (κ2) is 4.05. The molecule has 0 saturated carbocycles. The number of halogens is 2. The van der Waals surface area contributed by atoms with Gasteiger partial charge in [0, 0.05) is 0 Å². The number of hydrogen-bond donors (Lipinski definition) is 0. The minimum atomic E-state index is 0.0762. The average molecular weight is 252 g/mol. The van der Waals surface area contributed by atoms with Crippen LogP contribution in [-0.4, -0.2) is 16.1 Å². The molecule has 1 aromatic rings. The highest BCUT2D eigenvalue weighted by Gasteiger charge is 2.08. The highest BCUT2D eigenvalue weighted by Crippen LogP contribution is 2.28. The average Bonchev–Trinajstić information content (AvgIpc) is 1.98. The molecule has 0 bridgehead atoms. The third kappa shape index (κ3) is 2.32. The van der Waals surface area contributed by atoms with E-state index in [2.05, 4.69) is 25.9 Å². The number of rotatable bonds is 2. The molecule has 0 fully saturated rings. The Kier molecular flexibility index (Phi) is 3.29. The van der Waals surface area contributed by atoms with E-state index in [1.165, 1.54) is 6.33 Å². The normalized spacial score (nSPS) is 10.4. The lowest BCUT2D eigenvalue weighted by molar-refractivity contribution is 0.230. The van der Waals surface area contributed by atoms with Crippen molar-refractivity contribution in [1.82, 2.24) is 9.97 Å². The van der Waals surface area contributed by atoms with Crippen LogP contribution in [0.15, 0.2) is 10.8 Å². The van der Waals surface area contributed by atoms with E-state index in [4.69, 9.17) is 16.3 Å². The van der Waals surface area contributed by atoms with Crippen LogP contribution >= 0.6 is 27.5 Å². The monoisotopic (exact) mass is 250 g/mol. The third-order valence-corrected chi connectivity index (χ3v) is 2.29. The Balaban J connectivity index is 2.92. The zero-order chi connectivity index (χ0) is 9.14. The van der Waals surface area contributed by atoms with Gasteiger partial charge >= 0.3 is 0 Å². The molecular formula is C7H8BrClN2O. The molecule has 0 radical (unpaired) electrons. The quantitative estimate of drug-likeness (QED) is 0.758. The zero-order valence-corrected chi connectivity index (χ0v) is 9.06. The summed E-state index contributed by atoms with van der Waals surface area (Å²) in [5.74, 6) is 0.477. The van der Waals surface area contributed by atoms with E-state index in [1.807, 2.05) is 13.8 Å². The van der Waals surface area contributed by atoms with Crippen molar-refractivity contribution in [3.8, 4) is 5.88 Å². The lowest BCUT2D eigenvalue weighted by Gasteiger charge is -2.09. The molecule has 1 heterocycles. The molecule has 0 N–H and O–H groups in total. The van der Waals surface area contributed by atoms with Crippen molar-refractivity contribution in [1.29, 1.82) is 0 Å². The van der Waals surface area contributed by atoms with Crippen LogP contribution in [0.3, 0.4) is 0 Å². The van der Waals surface area contributed by atoms with Gasteiger partial charge in [0.2, 0.25) is 5.88 Å². The van der Waals surface area contributed by atoms with E-state index in [0.29, 0.717) is 15.5 Å². The zero-order valence-electron chi connectivity index (χ0n) is 6.71. The van der Waals surface area contributed by atoms with Gasteiger partial charge < -0.3 is 4.74 Å². The second-order valence-electron chi connectivity index (χ2n) is 2.45. The molecule has 0 aliphatic heterocycles. The molecule has 5 heteroatoms. The van der Waals surface area contributed by atoms with Gasteiger partial charge in [-0.05, 0) is 29.8 Å². The predicted molar refractivity (Wildman–Crippen MR) is 50.5 cm³/mol. The standard InChI is InChI=1S/C7H8BrClN2O/c1-4(2)12-7-5(8)6(9)10-3-11-7/h3-4H,1-2H3. The van der Waals surface area contributed by atoms with E-state index in [1.54, 1.807) is 0 Å². The van der Waals surface area contributed by atoms with Gasteiger partial charge in [0.1, 0.15) is 10.8 Å². The highest BCUT2D eigenvalue weighted by atomic mass is 79.9. The van der Waals surface area contributed by atoms with Crippen LogP contribution in [-0.2, 0) is 0 Å². The summed E-state index contributed by atoms with van der Waals surface area (Å²) >= 11 is 8.95. The molecule has 0 atom stereocenters. The first-order chi connectivity index (χ1) is 5.61. The summed E-state index contributed by atoms with van der Waals surface area (Å²) in [5, 5.41) is 0.362. The van der Waals surface area contributed by atoms with Gasteiger partial charge in [-0.25, -0.2) is 9.97 Å². The summed E-state index contributed by atoms with van der Waals surface area (Å²) in [4.78, 5) is 7.69. The fourth-order valence-electron chi connectivity index (χ4n) is 0.639. The molecule has 0 aliphatic carbocycles. The Morgan fingerprint density at radius 1 is 1.50 bits per heavy atom. The number of ether oxygens (including phenoxy) is 1. The van der Waals surface area contributed by atoms with Crippen molar-refractivity contribution in [2.45, 2.75) is 20.0 Å². The Hall–Kier alpha value is -0.350. The van der Waals surface area contributed by atoms with Crippen LogP contribution in [0, 0.1) is 0 Å². The minimum Gasteiger partial charge on any atom is -0.474 e. The van der Waals surface area contributed by atoms with Gasteiger partial charge in [-0.2, -0.15) is 0 Å². The Bertz CT molecular complexity index is 280. The van der Waals surface area contributed by atoms with E-state index in [0.717, 1.165) is 0 Å². The van der Waals surface area contributed by atoms with Gasteiger partial charge in [0.05, 0.1) is 6.10 Å². The van der Waals surface area contributed by atoms with E-state index >= 15 is 0 Å². The SMILES string of the molecule is CC(C)Oc1ncnc(Cl)c1Br. The summed E-state index contributed by atoms with van der Waals surface area (Å²) in [5.41, 5.74) is 0. The van der Waals surface area contributed by atoms with E-state index in [-0.39, 0.29) is 6.10 Å². The van der Waals surface area contributed by atoms with E-state index < -0.39 is 0 Å². The third-order valence-electron chi connectivity index (χ3n) is 1.06. The molecule has 1 aromatic heterocycles. The topological polar surface area (TPSA) is 35.0 Å². The molecule has 12 heavy (non-hydrogen) atoms. The molecule has 0 spiro atoms. The molecular weight excluding hydrogens is 243 g/mol. The first-order valence-corrected chi connectivity index (χ1v) is 4.61. The van der Waals surface area contributed by atoms with Crippen LogP contribution in [0.1, 0.15) is 13.8 Å². The van der Waals surface area contributed by atoms with Crippen LogP contribution in [0.4, 0.5) is 0 Å². The van der Waals surface area contributed by atoms with Gasteiger partial charge in [-0.1, -0.05) is 11.6 Å². The Morgan fingerprint density at radius 3 is 2.75 bits per heavy atom. The van der Waals surface area contributed by atoms with Gasteiger partial charge in [0.15, 0.2) is 5.15 Å². The summed E-state index contributed by atoms with van der Waals surface area (Å²) < 4.78 is 5.94. The van der Waals surface area contributed by atoms with Crippen molar-refractivity contribution in [3.63, 3.8) is 0 Å². The van der Waals surface area contributed by atoms with Crippen LogP contribution < -0.4 is 4.74 Å². The lowest BCUT2D eigenvalue weighted by Crippen LogP contribution is -2.07. The molecule has 1 rings (SSSR count). The Morgan fingerprint density at radius 2 is 2.17 bits per heavy atom. The first-order valence-electron chi connectivity index (χ1n) is 3.44. The molecule has 0 aromatic carbocycles. The van der Waals surface area contributed by atoms with Crippen molar-refractivity contribution in [3.05, 3.63) is 16.0 Å². The van der Waals surface area contributed by atoms with Crippen molar-refractivity contribution in [2.24, 2.45) is 0 Å². The van der Waals surface area contributed by atoms with Crippen molar-refractivity contribution < 1.29 is 4.74 Å². The molecule has 0 unspecified atom stereocenters. The van der Waals surface area contributed by atoms with Crippen LogP contribution in [0.25, 0.3) is 0 Å². The first kappa shape index (κ1) is 9.74. The summed E-state index contributed by atoms with van der Waals surface area (Å²) in [6.07, 6.45) is 1.44. The summed E-state index contributed by atoms with van der Waals surface area (Å²) in [6, 6.07) is 0. The number of nitrogens with zero attached hydrogens (tertiary/aromatic N) is 2. The second-order valence-corrected chi connectivity index (χ2v) is 3.60. The number of aromatic nitrogens is 2. The Labute approximate surface area is 84.2 Å². The lowest BCUT2D eigenvalue weighted by atomic mass is 10.5. The largest absolute Gasteiger partial charge is 0.474 e. The smallest absolute Gasteiger partial charge is 0.232 e. The maximum absolute atomic E-state index is 5.72. The fraction of sp³-hybridized carbons (Fsp3) is 0.429. The summed E-state index contributed by atoms with van der Waals surface area (Å²) in [7, 11) is 0. The maximum atomic E-state index is 5.72. The van der Waals surface area contributed by atoms with Crippen LogP contribution in [0.5, 0.6) is 5.88 Å². The number of hydrogen-bond acceptors (Lipinski definition) is 3. The van der Waals surface area contributed by atoms with Gasteiger partial charge in [-0.15, -0.1) is 0 Å². The van der Waals surface area contributed by atoms with E-state index in [9.17, 15) is 0 Å². The molecule has 0 amide bonds. The summed E-state index contributed by atoms with van der Waals surface area (Å²) in [6.45, 7) is 3.84. The van der Waals surface area contributed by atoms with Crippen molar-refractivity contribution >= 4 is 27.5 Å². The molecule has 66 valence electrons. The highest BCUT2D eigenvalue weighted by molar-refractivity contribution is 9.10. The minimum absolute atomic E-state index is 0.0762. The predicted octanol–water partition coefficient (Wildman–Crippen LogP) is 2.68. The fourth-order valence-corrected chi connectivity index (χ4v) is 1.06.